The van der Waals surface area contributed by atoms with Crippen molar-refractivity contribution in [1.82, 2.24) is 0 Å². The molecule has 21 heavy (non-hydrogen) atoms. The van der Waals surface area contributed by atoms with Crippen LogP contribution in [0.4, 0.5) is 10.1 Å². The van der Waals surface area contributed by atoms with Gasteiger partial charge in [0, 0.05) is 11.6 Å². The minimum atomic E-state index is -0.375. The Hall–Kier alpha value is -2.36. The zero-order valence-corrected chi connectivity index (χ0v) is 12.3. The second kappa shape index (κ2) is 6.39. The van der Waals surface area contributed by atoms with Gasteiger partial charge >= 0.3 is 0 Å². The van der Waals surface area contributed by atoms with Crippen LogP contribution in [0.15, 0.2) is 42.5 Å². The van der Waals surface area contributed by atoms with Crippen molar-refractivity contribution in [2.24, 2.45) is 0 Å². The maximum absolute atomic E-state index is 13.8. The molecule has 0 saturated heterocycles. The third-order valence-electron chi connectivity index (χ3n) is 3.36. The summed E-state index contributed by atoms with van der Waals surface area (Å²) in [6.07, 6.45) is 0. The number of nitrogens with one attached hydrogen (secondary N) is 1. The Morgan fingerprint density at radius 3 is 2.43 bits per heavy atom. The molecule has 0 radical (unpaired) electrons. The van der Waals surface area contributed by atoms with E-state index in [1.54, 1.807) is 7.11 Å². The number of carbonyl (C=O) groups excluding carboxylic acids is 1. The number of methoxy groups -OCH3 is 1. The predicted molar refractivity (Wildman–Crippen MR) is 81.4 cm³/mol. The van der Waals surface area contributed by atoms with Gasteiger partial charge in [0.25, 0.3) is 0 Å². The lowest BCUT2D eigenvalue weighted by atomic mass is 10.1. The summed E-state index contributed by atoms with van der Waals surface area (Å²) in [6, 6.07) is 11.8. The molecule has 0 amide bonds. The number of hydrogen-bond acceptors (Lipinski definition) is 3. The van der Waals surface area contributed by atoms with Crippen molar-refractivity contribution in [3.05, 3.63) is 59.4 Å². The Labute approximate surface area is 123 Å². The van der Waals surface area contributed by atoms with Gasteiger partial charge in [-0.05, 0) is 49.7 Å². The molecule has 0 aromatic heterocycles. The lowest BCUT2D eigenvalue weighted by molar-refractivity contribution is 0.101. The van der Waals surface area contributed by atoms with Gasteiger partial charge in [-0.2, -0.15) is 0 Å². The lowest BCUT2D eigenvalue weighted by Crippen LogP contribution is -2.09. The van der Waals surface area contributed by atoms with Crippen LogP contribution in [0.1, 0.15) is 35.8 Å². The summed E-state index contributed by atoms with van der Waals surface area (Å²) in [5.74, 6) is 0.311. The molecular weight excluding hydrogens is 269 g/mol. The van der Waals surface area contributed by atoms with Crippen molar-refractivity contribution in [2.75, 3.05) is 12.4 Å². The van der Waals surface area contributed by atoms with Gasteiger partial charge in [0.15, 0.2) is 5.78 Å². The highest BCUT2D eigenvalue weighted by Gasteiger charge is 2.11. The molecule has 0 aliphatic rings. The van der Waals surface area contributed by atoms with Crippen molar-refractivity contribution in [2.45, 2.75) is 19.9 Å². The predicted octanol–water partition coefficient (Wildman–Crippen LogP) is 4.21. The van der Waals surface area contributed by atoms with Gasteiger partial charge in [-0.3, -0.25) is 4.79 Å². The number of Topliss-reactive ketones (excluding diaryl/α,β-unsaturated/α-hetero) is 1. The average molecular weight is 287 g/mol. The van der Waals surface area contributed by atoms with E-state index >= 15 is 0 Å². The van der Waals surface area contributed by atoms with Crippen LogP contribution < -0.4 is 10.1 Å². The molecule has 1 unspecified atom stereocenters. The highest BCUT2D eigenvalue weighted by Crippen LogP contribution is 2.24. The van der Waals surface area contributed by atoms with Crippen LogP contribution in [0, 0.1) is 5.82 Å². The average Bonchev–Trinajstić information content (AvgIpc) is 2.49. The maximum atomic E-state index is 13.8. The van der Waals surface area contributed by atoms with Crippen molar-refractivity contribution in [3.63, 3.8) is 0 Å². The molecule has 1 N–H and O–H groups in total. The third kappa shape index (κ3) is 3.60. The number of halogens is 1. The van der Waals surface area contributed by atoms with Gasteiger partial charge in [0.05, 0.1) is 12.8 Å². The van der Waals surface area contributed by atoms with Crippen LogP contribution >= 0.6 is 0 Å². The first-order valence-electron chi connectivity index (χ1n) is 6.72. The standard InChI is InChI=1S/C17H18FNO2/c1-11(13-4-7-15(21-3)8-5-13)19-17-10-14(12(2)20)6-9-16(17)18/h4-11,19H,1-3H3. The Morgan fingerprint density at radius 1 is 1.19 bits per heavy atom. The van der Waals surface area contributed by atoms with Crippen LogP contribution in [-0.4, -0.2) is 12.9 Å². The molecule has 4 heteroatoms. The Balaban J connectivity index is 2.19. The first kappa shape index (κ1) is 15.0. The van der Waals surface area contributed by atoms with Crippen LogP contribution in [0.5, 0.6) is 5.75 Å². The smallest absolute Gasteiger partial charge is 0.159 e. The summed E-state index contributed by atoms with van der Waals surface area (Å²) < 4.78 is 18.9. The SMILES string of the molecule is COc1ccc(C(C)Nc2cc(C(C)=O)ccc2F)cc1. The van der Waals surface area contributed by atoms with E-state index in [0.717, 1.165) is 11.3 Å². The monoisotopic (exact) mass is 287 g/mol. The van der Waals surface area contributed by atoms with Crippen LogP contribution in [0.2, 0.25) is 0 Å². The Morgan fingerprint density at radius 2 is 1.86 bits per heavy atom. The van der Waals surface area contributed by atoms with Gasteiger partial charge < -0.3 is 10.1 Å². The fraction of sp³-hybridized carbons (Fsp3) is 0.235. The second-order valence-electron chi connectivity index (χ2n) is 4.89. The molecule has 0 fully saturated rings. The lowest BCUT2D eigenvalue weighted by Gasteiger charge is -2.17. The van der Waals surface area contributed by atoms with E-state index in [9.17, 15) is 9.18 Å². The summed E-state index contributed by atoms with van der Waals surface area (Å²) in [5, 5.41) is 3.09. The molecule has 2 rings (SSSR count). The molecule has 2 aromatic rings. The summed E-state index contributed by atoms with van der Waals surface area (Å²) >= 11 is 0. The van der Waals surface area contributed by atoms with Crippen molar-refractivity contribution in [3.8, 4) is 5.75 Å². The van der Waals surface area contributed by atoms with Gasteiger partial charge in [0.2, 0.25) is 0 Å². The van der Waals surface area contributed by atoms with Gasteiger partial charge in [-0.1, -0.05) is 12.1 Å². The van der Waals surface area contributed by atoms with E-state index in [-0.39, 0.29) is 17.6 Å². The number of ether oxygens (including phenoxy) is 1. The van der Waals surface area contributed by atoms with E-state index in [1.807, 2.05) is 31.2 Å². The fourth-order valence-electron chi connectivity index (χ4n) is 2.06. The zero-order chi connectivity index (χ0) is 15.4. The fourth-order valence-corrected chi connectivity index (χ4v) is 2.06. The molecule has 1 atom stereocenters. The first-order valence-corrected chi connectivity index (χ1v) is 6.72. The van der Waals surface area contributed by atoms with E-state index in [2.05, 4.69) is 5.32 Å². The molecule has 0 spiro atoms. The zero-order valence-electron chi connectivity index (χ0n) is 12.3. The molecule has 3 nitrogen and oxygen atoms in total. The molecule has 110 valence electrons. The Kier molecular flexibility index (Phi) is 4.58. The number of benzene rings is 2. The van der Waals surface area contributed by atoms with E-state index < -0.39 is 0 Å². The molecular formula is C17H18FNO2. The number of carbonyl (C=O) groups is 1. The quantitative estimate of drug-likeness (QED) is 0.837. The second-order valence-corrected chi connectivity index (χ2v) is 4.89. The number of hydrogen-bond donors (Lipinski definition) is 1. The minimum Gasteiger partial charge on any atom is -0.497 e. The van der Waals surface area contributed by atoms with Crippen LogP contribution in [0.3, 0.4) is 0 Å². The van der Waals surface area contributed by atoms with E-state index in [0.29, 0.717) is 11.3 Å². The molecule has 0 aliphatic heterocycles. The summed E-state index contributed by atoms with van der Waals surface area (Å²) in [4.78, 5) is 11.4. The van der Waals surface area contributed by atoms with Crippen molar-refractivity contribution in [1.29, 1.82) is 0 Å². The van der Waals surface area contributed by atoms with Crippen molar-refractivity contribution < 1.29 is 13.9 Å². The van der Waals surface area contributed by atoms with Crippen LogP contribution in [0.25, 0.3) is 0 Å². The molecule has 0 heterocycles. The molecule has 0 bridgehead atoms. The largest absolute Gasteiger partial charge is 0.497 e. The number of rotatable bonds is 5. The highest BCUT2D eigenvalue weighted by atomic mass is 19.1. The molecule has 0 saturated carbocycles. The van der Waals surface area contributed by atoms with Gasteiger partial charge in [0.1, 0.15) is 11.6 Å². The highest BCUT2D eigenvalue weighted by molar-refractivity contribution is 5.95. The van der Waals surface area contributed by atoms with Gasteiger partial charge in [-0.25, -0.2) is 4.39 Å². The van der Waals surface area contributed by atoms with Gasteiger partial charge in [-0.15, -0.1) is 0 Å². The Bertz CT molecular complexity index is 638. The molecule has 0 aliphatic carbocycles. The number of ketones is 1. The topological polar surface area (TPSA) is 38.3 Å². The summed E-state index contributed by atoms with van der Waals surface area (Å²) in [6.45, 7) is 3.39. The summed E-state index contributed by atoms with van der Waals surface area (Å²) in [7, 11) is 1.61. The van der Waals surface area contributed by atoms with Crippen molar-refractivity contribution >= 4 is 11.5 Å². The number of anilines is 1. The first-order chi connectivity index (χ1) is 10.0. The normalized spacial score (nSPS) is 11.8. The van der Waals surface area contributed by atoms with E-state index in [4.69, 9.17) is 4.74 Å². The molecule has 2 aromatic carbocycles. The minimum absolute atomic E-state index is 0.0878. The third-order valence-corrected chi connectivity index (χ3v) is 3.36. The maximum Gasteiger partial charge on any atom is 0.159 e. The van der Waals surface area contributed by atoms with Crippen LogP contribution in [-0.2, 0) is 0 Å². The summed E-state index contributed by atoms with van der Waals surface area (Å²) in [5.41, 5.74) is 1.82. The van der Waals surface area contributed by atoms with E-state index in [1.165, 1.54) is 25.1 Å².